The highest BCUT2D eigenvalue weighted by Gasteiger charge is 2.19. The highest BCUT2D eigenvalue weighted by Crippen LogP contribution is 2.23. The number of carbonyl (C=O) groups is 1. The zero-order valence-electron chi connectivity index (χ0n) is 14.2. The highest BCUT2D eigenvalue weighted by atomic mass is 16.1. The summed E-state index contributed by atoms with van der Waals surface area (Å²) in [5, 5.41) is 12.2. The second-order valence-corrected chi connectivity index (χ2v) is 6.26. The number of nitrogens with two attached hydrogens (primary N) is 1. The zero-order chi connectivity index (χ0) is 17.9. The van der Waals surface area contributed by atoms with Gasteiger partial charge < -0.3 is 16.0 Å². The first-order valence-corrected chi connectivity index (χ1v) is 8.62. The summed E-state index contributed by atoms with van der Waals surface area (Å²) >= 11 is 0. The number of anilines is 3. The molecule has 0 spiro atoms. The summed E-state index contributed by atoms with van der Waals surface area (Å²) < 4.78 is 0. The molecule has 8 heteroatoms. The van der Waals surface area contributed by atoms with Gasteiger partial charge in [0.1, 0.15) is 0 Å². The van der Waals surface area contributed by atoms with Gasteiger partial charge in [-0.15, -0.1) is 10.2 Å². The second kappa shape index (κ2) is 6.91. The number of hydrogen-bond acceptors (Lipinski definition) is 7. The summed E-state index contributed by atoms with van der Waals surface area (Å²) in [7, 11) is 0. The molecule has 3 N–H and O–H groups in total. The molecular formula is C18H19N7O. The topological polar surface area (TPSA) is 110 Å². The molecule has 0 atom stereocenters. The first kappa shape index (κ1) is 16.2. The fraction of sp³-hybridized carbons (Fsp3) is 0.278. The minimum Gasteiger partial charge on any atom is -0.364 e. The van der Waals surface area contributed by atoms with Crippen LogP contribution in [0.4, 0.5) is 17.5 Å². The van der Waals surface area contributed by atoms with Crippen molar-refractivity contribution in [1.82, 2.24) is 20.2 Å². The van der Waals surface area contributed by atoms with E-state index in [4.69, 9.17) is 5.73 Å². The van der Waals surface area contributed by atoms with Crippen LogP contribution in [-0.2, 0) is 0 Å². The van der Waals surface area contributed by atoms with Crippen LogP contribution in [0.2, 0.25) is 0 Å². The van der Waals surface area contributed by atoms with Crippen molar-refractivity contribution >= 4 is 34.3 Å². The molecule has 0 saturated carbocycles. The van der Waals surface area contributed by atoms with E-state index in [1.54, 1.807) is 6.20 Å². The molecule has 0 aliphatic carbocycles. The van der Waals surface area contributed by atoms with E-state index >= 15 is 0 Å². The largest absolute Gasteiger partial charge is 0.364 e. The average molecular weight is 349 g/mol. The van der Waals surface area contributed by atoms with E-state index < -0.39 is 5.91 Å². The molecule has 0 radical (unpaired) electrons. The molecule has 8 nitrogen and oxygen atoms in total. The Morgan fingerprint density at radius 3 is 2.73 bits per heavy atom. The Balaban J connectivity index is 1.68. The van der Waals surface area contributed by atoms with E-state index in [1.807, 2.05) is 30.3 Å². The van der Waals surface area contributed by atoms with Gasteiger partial charge in [-0.3, -0.25) is 9.78 Å². The third kappa shape index (κ3) is 3.26. The lowest BCUT2D eigenvalue weighted by Gasteiger charge is -2.26. The smallest absolute Gasteiger partial charge is 0.273 e. The van der Waals surface area contributed by atoms with Crippen molar-refractivity contribution in [3.05, 3.63) is 42.2 Å². The maximum atomic E-state index is 11.7. The normalized spacial score (nSPS) is 14.4. The van der Waals surface area contributed by atoms with Crippen LogP contribution in [-0.4, -0.2) is 39.2 Å². The first-order valence-electron chi connectivity index (χ1n) is 8.62. The average Bonchev–Trinajstić information content (AvgIpc) is 2.68. The third-order valence-electron chi connectivity index (χ3n) is 4.40. The van der Waals surface area contributed by atoms with Crippen LogP contribution < -0.4 is 16.0 Å². The van der Waals surface area contributed by atoms with Gasteiger partial charge >= 0.3 is 0 Å². The van der Waals surface area contributed by atoms with Crippen LogP contribution in [0.3, 0.4) is 0 Å². The Labute approximate surface area is 150 Å². The van der Waals surface area contributed by atoms with E-state index in [0.717, 1.165) is 36.8 Å². The lowest BCUT2D eigenvalue weighted by molar-refractivity contribution is 0.0995. The Hall–Kier alpha value is -3.29. The van der Waals surface area contributed by atoms with E-state index in [1.165, 1.54) is 6.42 Å². The number of carbonyl (C=O) groups excluding carboxylic acids is 1. The summed E-state index contributed by atoms with van der Waals surface area (Å²) in [6.07, 6.45) is 5.09. The summed E-state index contributed by atoms with van der Waals surface area (Å²) in [6, 6.07) is 9.74. The van der Waals surface area contributed by atoms with Crippen molar-refractivity contribution < 1.29 is 4.79 Å². The van der Waals surface area contributed by atoms with E-state index in [2.05, 4.69) is 30.4 Å². The van der Waals surface area contributed by atoms with Crippen LogP contribution in [0.1, 0.15) is 29.8 Å². The molecule has 4 rings (SSSR count). The molecular weight excluding hydrogens is 330 g/mol. The molecule has 1 aliphatic heterocycles. The molecule has 0 bridgehead atoms. The van der Waals surface area contributed by atoms with E-state index in [0.29, 0.717) is 17.5 Å². The maximum absolute atomic E-state index is 11.7. The van der Waals surface area contributed by atoms with Gasteiger partial charge in [0, 0.05) is 18.5 Å². The van der Waals surface area contributed by atoms with Gasteiger partial charge in [0.2, 0.25) is 5.95 Å². The Morgan fingerprint density at radius 1 is 1.12 bits per heavy atom. The van der Waals surface area contributed by atoms with Gasteiger partial charge in [0.25, 0.3) is 5.91 Å². The SMILES string of the molecule is NC(=O)c1nnc(N2CCCCC2)nc1Nc1cnc2ccccc2c1. The first-order chi connectivity index (χ1) is 12.7. The van der Waals surface area contributed by atoms with Crippen LogP contribution in [0.25, 0.3) is 10.9 Å². The number of pyridine rings is 1. The van der Waals surface area contributed by atoms with E-state index in [9.17, 15) is 4.79 Å². The molecule has 1 aromatic carbocycles. The van der Waals surface area contributed by atoms with Gasteiger partial charge in [-0.25, -0.2) is 0 Å². The number of rotatable bonds is 4. The van der Waals surface area contributed by atoms with Crippen LogP contribution in [0.5, 0.6) is 0 Å². The number of hydrogen-bond donors (Lipinski definition) is 2. The number of fused-ring (bicyclic) bond motifs is 1. The maximum Gasteiger partial charge on any atom is 0.273 e. The fourth-order valence-electron chi connectivity index (χ4n) is 3.07. The molecule has 3 aromatic rings. The molecule has 3 heterocycles. The second-order valence-electron chi connectivity index (χ2n) is 6.26. The number of nitrogens with one attached hydrogen (secondary N) is 1. The Morgan fingerprint density at radius 2 is 1.92 bits per heavy atom. The van der Waals surface area contributed by atoms with Crippen molar-refractivity contribution in [2.75, 3.05) is 23.3 Å². The van der Waals surface area contributed by atoms with Crippen LogP contribution in [0, 0.1) is 0 Å². The van der Waals surface area contributed by atoms with Gasteiger partial charge in [0.15, 0.2) is 11.5 Å². The summed E-state index contributed by atoms with van der Waals surface area (Å²) in [5.41, 5.74) is 7.05. The van der Waals surface area contributed by atoms with Crippen molar-refractivity contribution in [2.45, 2.75) is 19.3 Å². The van der Waals surface area contributed by atoms with Gasteiger partial charge in [-0.2, -0.15) is 4.98 Å². The number of piperidine rings is 1. The predicted molar refractivity (Wildman–Crippen MR) is 99.4 cm³/mol. The summed E-state index contributed by atoms with van der Waals surface area (Å²) in [6.45, 7) is 1.77. The van der Waals surface area contributed by atoms with Crippen molar-refractivity contribution in [1.29, 1.82) is 0 Å². The van der Waals surface area contributed by atoms with Gasteiger partial charge in [-0.1, -0.05) is 18.2 Å². The zero-order valence-corrected chi connectivity index (χ0v) is 14.2. The minimum absolute atomic E-state index is 0.0129. The Bertz CT molecular complexity index is 953. The molecule has 132 valence electrons. The molecule has 0 unspecified atom stereocenters. The number of nitrogens with zero attached hydrogens (tertiary/aromatic N) is 5. The molecule has 1 saturated heterocycles. The standard InChI is InChI=1S/C18H19N7O/c19-16(26)15-17(22-18(24-23-15)25-8-4-1-5-9-25)21-13-10-12-6-2-3-7-14(12)20-11-13/h2-3,6-7,10-11H,1,4-5,8-9H2,(H2,19,26)(H,21,22,24). The molecule has 1 amide bonds. The highest BCUT2D eigenvalue weighted by molar-refractivity contribution is 5.96. The molecule has 2 aromatic heterocycles. The fourth-order valence-corrected chi connectivity index (χ4v) is 3.07. The third-order valence-corrected chi connectivity index (χ3v) is 4.40. The van der Waals surface area contributed by atoms with Crippen LogP contribution in [0.15, 0.2) is 36.5 Å². The molecule has 26 heavy (non-hydrogen) atoms. The summed E-state index contributed by atoms with van der Waals surface area (Å²) in [5.74, 6) is 0.127. The monoisotopic (exact) mass is 349 g/mol. The number of primary amides is 1. The number of benzene rings is 1. The van der Waals surface area contributed by atoms with Gasteiger partial charge in [0.05, 0.1) is 17.4 Å². The lowest BCUT2D eigenvalue weighted by atomic mass is 10.1. The number of aromatic nitrogens is 4. The minimum atomic E-state index is -0.675. The van der Waals surface area contributed by atoms with E-state index in [-0.39, 0.29) is 5.69 Å². The Kier molecular flexibility index (Phi) is 4.30. The lowest BCUT2D eigenvalue weighted by Crippen LogP contribution is -2.32. The molecule has 1 aliphatic rings. The van der Waals surface area contributed by atoms with Crippen LogP contribution >= 0.6 is 0 Å². The van der Waals surface area contributed by atoms with Crippen molar-refractivity contribution in [3.8, 4) is 0 Å². The number of amides is 1. The van der Waals surface area contributed by atoms with Crippen molar-refractivity contribution in [2.24, 2.45) is 5.73 Å². The molecule has 1 fully saturated rings. The quantitative estimate of drug-likeness (QED) is 0.743. The van der Waals surface area contributed by atoms with Crippen molar-refractivity contribution in [3.63, 3.8) is 0 Å². The van der Waals surface area contributed by atoms with Gasteiger partial charge in [-0.05, 0) is 31.4 Å². The summed E-state index contributed by atoms with van der Waals surface area (Å²) in [4.78, 5) is 22.7. The predicted octanol–water partition coefficient (Wildman–Crippen LogP) is 2.25. The number of para-hydroxylation sites is 1.